The summed E-state index contributed by atoms with van der Waals surface area (Å²) in [6, 6.07) is 7.32. The Balaban J connectivity index is 2.69. The molecule has 0 heterocycles. The maximum atomic E-state index is 12.1. The molecule has 110 valence electrons. The van der Waals surface area contributed by atoms with Gasteiger partial charge in [0.25, 0.3) is 0 Å². The second kappa shape index (κ2) is 7.97. The Morgan fingerprint density at radius 2 is 2.05 bits per heavy atom. The normalized spacial score (nSPS) is 10.8. The first kappa shape index (κ1) is 16.6. The van der Waals surface area contributed by atoms with Gasteiger partial charge in [-0.15, -0.1) is 0 Å². The van der Waals surface area contributed by atoms with Crippen LogP contribution in [0.3, 0.4) is 0 Å². The van der Waals surface area contributed by atoms with Crippen LogP contribution in [0.25, 0.3) is 0 Å². The van der Waals surface area contributed by atoms with Gasteiger partial charge >= 0.3 is 0 Å². The number of hydrogen-bond acceptors (Lipinski definition) is 3. The van der Waals surface area contributed by atoms with Gasteiger partial charge in [0, 0.05) is 12.1 Å². The van der Waals surface area contributed by atoms with Gasteiger partial charge in [0.1, 0.15) is 4.99 Å². The molecule has 0 unspecified atom stereocenters. The minimum atomic E-state index is -0.0452. The van der Waals surface area contributed by atoms with E-state index in [1.54, 1.807) is 0 Å². The number of hydrogen-bond donors (Lipinski definition) is 2. The Morgan fingerprint density at radius 3 is 2.60 bits per heavy atom. The second-order valence-corrected chi connectivity index (χ2v) is 5.62. The summed E-state index contributed by atoms with van der Waals surface area (Å²) in [5, 5.41) is 2.88. The molecule has 4 nitrogen and oxygen atoms in total. The van der Waals surface area contributed by atoms with Crippen LogP contribution in [0, 0.1) is 5.92 Å². The number of rotatable bonds is 7. The quantitative estimate of drug-likeness (QED) is 0.757. The summed E-state index contributed by atoms with van der Waals surface area (Å²) >= 11 is 4.99. The van der Waals surface area contributed by atoms with Crippen molar-refractivity contribution >= 4 is 28.8 Å². The lowest BCUT2D eigenvalue weighted by Gasteiger charge is -2.22. The fourth-order valence-electron chi connectivity index (χ4n) is 2.02. The van der Waals surface area contributed by atoms with Crippen LogP contribution in [0.15, 0.2) is 24.3 Å². The number of thiocarbonyl (C=S) groups is 1. The summed E-state index contributed by atoms with van der Waals surface area (Å²) in [6.45, 7) is 8.47. The second-order valence-electron chi connectivity index (χ2n) is 5.18. The molecule has 0 aliphatic rings. The number of nitrogens with zero attached hydrogens (tertiary/aromatic N) is 1. The van der Waals surface area contributed by atoms with Crippen LogP contribution >= 0.6 is 12.2 Å². The molecule has 1 aromatic rings. The molecule has 3 N–H and O–H groups in total. The summed E-state index contributed by atoms with van der Waals surface area (Å²) in [6.07, 6.45) is 0. The number of carbonyl (C=O) groups excluding carboxylic acids is 1. The Bertz CT molecular complexity index is 474. The van der Waals surface area contributed by atoms with E-state index in [2.05, 4.69) is 31.0 Å². The first-order valence-corrected chi connectivity index (χ1v) is 7.25. The van der Waals surface area contributed by atoms with Crippen LogP contribution in [0.1, 0.15) is 26.3 Å². The van der Waals surface area contributed by atoms with Crippen LogP contribution < -0.4 is 11.1 Å². The molecule has 0 aliphatic carbocycles. The third-order valence-electron chi connectivity index (χ3n) is 2.90. The smallest absolute Gasteiger partial charge is 0.238 e. The van der Waals surface area contributed by atoms with E-state index in [1.807, 2.05) is 24.3 Å². The maximum absolute atomic E-state index is 12.1. The van der Waals surface area contributed by atoms with Gasteiger partial charge in [-0.3, -0.25) is 9.69 Å². The molecular weight excluding hydrogens is 270 g/mol. The predicted octanol–water partition coefficient (Wildman–Crippen LogP) is 2.24. The molecule has 0 radical (unpaired) electrons. The van der Waals surface area contributed by atoms with E-state index in [4.69, 9.17) is 18.0 Å². The Kier molecular flexibility index (Phi) is 6.61. The highest BCUT2D eigenvalue weighted by atomic mass is 32.1. The highest BCUT2D eigenvalue weighted by Gasteiger charge is 2.12. The first-order chi connectivity index (χ1) is 9.43. The standard InChI is InChI=1S/C15H23N3OS/c1-4-18(9-11(2)3)10-14(19)17-13-8-6-5-7-12(13)15(16)20/h5-8,11H,4,9-10H2,1-3H3,(H2,16,20)(H,17,19). The van der Waals surface area contributed by atoms with Crippen molar-refractivity contribution in [2.75, 3.05) is 25.0 Å². The van der Waals surface area contributed by atoms with Gasteiger partial charge in [0.05, 0.1) is 12.2 Å². The van der Waals surface area contributed by atoms with Gasteiger partial charge in [-0.1, -0.05) is 45.1 Å². The van der Waals surface area contributed by atoms with Crippen LogP contribution in [0.4, 0.5) is 5.69 Å². The van der Waals surface area contributed by atoms with E-state index in [9.17, 15) is 4.79 Å². The Morgan fingerprint density at radius 1 is 1.40 bits per heavy atom. The zero-order valence-corrected chi connectivity index (χ0v) is 13.2. The lowest BCUT2D eigenvalue weighted by Crippen LogP contribution is -2.35. The zero-order valence-electron chi connectivity index (χ0n) is 12.3. The lowest BCUT2D eigenvalue weighted by atomic mass is 10.1. The summed E-state index contributed by atoms with van der Waals surface area (Å²) in [5.41, 5.74) is 7.02. The van der Waals surface area contributed by atoms with E-state index in [-0.39, 0.29) is 10.9 Å². The number of nitrogens with two attached hydrogens (primary N) is 1. The molecule has 0 fully saturated rings. The fourth-order valence-corrected chi connectivity index (χ4v) is 2.20. The number of amides is 1. The van der Waals surface area contributed by atoms with Crippen LogP contribution in [0.5, 0.6) is 0 Å². The fraction of sp³-hybridized carbons (Fsp3) is 0.467. The molecule has 20 heavy (non-hydrogen) atoms. The molecule has 0 bridgehead atoms. The van der Waals surface area contributed by atoms with Crippen molar-refractivity contribution in [3.05, 3.63) is 29.8 Å². The number of benzene rings is 1. The summed E-state index contributed by atoms with van der Waals surface area (Å²) in [5.74, 6) is 0.489. The van der Waals surface area contributed by atoms with Gasteiger partial charge in [-0.05, 0) is 24.6 Å². The number of para-hydroxylation sites is 1. The van der Waals surface area contributed by atoms with Gasteiger partial charge < -0.3 is 11.1 Å². The minimum absolute atomic E-state index is 0.0452. The molecular formula is C15H23N3OS. The molecule has 0 saturated carbocycles. The van der Waals surface area contributed by atoms with Crippen molar-refractivity contribution in [1.29, 1.82) is 0 Å². The van der Waals surface area contributed by atoms with E-state index in [0.717, 1.165) is 13.1 Å². The van der Waals surface area contributed by atoms with Crippen molar-refractivity contribution in [3.63, 3.8) is 0 Å². The van der Waals surface area contributed by atoms with Crippen molar-refractivity contribution < 1.29 is 4.79 Å². The third-order valence-corrected chi connectivity index (χ3v) is 3.12. The minimum Gasteiger partial charge on any atom is -0.389 e. The van der Waals surface area contributed by atoms with E-state index >= 15 is 0 Å². The monoisotopic (exact) mass is 293 g/mol. The zero-order chi connectivity index (χ0) is 15.1. The maximum Gasteiger partial charge on any atom is 0.238 e. The molecule has 1 rings (SSSR count). The number of likely N-dealkylation sites (N-methyl/N-ethyl adjacent to an activating group) is 1. The number of carbonyl (C=O) groups is 1. The van der Waals surface area contributed by atoms with Crippen LogP contribution in [-0.2, 0) is 4.79 Å². The van der Waals surface area contributed by atoms with E-state index < -0.39 is 0 Å². The predicted molar refractivity (Wildman–Crippen MR) is 87.9 cm³/mol. The average Bonchev–Trinajstić information content (AvgIpc) is 2.37. The van der Waals surface area contributed by atoms with Crippen molar-refractivity contribution in [2.45, 2.75) is 20.8 Å². The Labute approximate surface area is 126 Å². The third kappa shape index (κ3) is 5.27. The summed E-state index contributed by atoms with van der Waals surface area (Å²) < 4.78 is 0. The molecule has 1 amide bonds. The molecule has 0 atom stereocenters. The summed E-state index contributed by atoms with van der Waals surface area (Å²) in [4.78, 5) is 14.5. The lowest BCUT2D eigenvalue weighted by molar-refractivity contribution is -0.117. The molecule has 1 aromatic carbocycles. The largest absolute Gasteiger partial charge is 0.389 e. The number of anilines is 1. The van der Waals surface area contributed by atoms with Gasteiger partial charge in [-0.2, -0.15) is 0 Å². The van der Waals surface area contributed by atoms with E-state index in [0.29, 0.717) is 23.7 Å². The molecule has 0 spiro atoms. The van der Waals surface area contributed by atoms with Crippen molar-refractivity contribution in [2.24, 2.45) is 11.7 Å². The van der Waals surface area contributed by atoms with Gasteiger partial charge in [-0.25, -0.2) is 0 Å². The topological polar surface area (TPSA) is 58.4 Å². The molecule has 0 aliphatic heterocycles. The van der Waals surface area contributed by atoms with Crippen molar-refractivity contribution in [3.8, 4) is 0 Å². The van der Waals surface area contributed by atoms with Crippen LogP contribution in [0.2, 0.25) is 0 Å². The molecule has 5 heteroatoms. The van der Waals surface area contributed by atoms with Crippen LogP contribution in [-0.4, -0.2) is 35.4 Å². The van der Waals surface area contributed by atoms with Gasteiger partial charge in [0.15, 0.2) is 0 Å². The number of nitrogens with one attached hydrogen (secondary N) is 1. The Hall–Kier alpha value is -1.46. The SMILES string of the molecule is CCN(CC(=O)Nc1ccccc1C(N)=S)CC(C)C. The average molecular weight is 293 g/mol. The molecule has 0 aromatic heterocycles. The summed E-state index contributed by atoms with van der Waals surface area (Å²) in [7, 11) is 0. The van der Waals surface area contributed by atoms with Crippen molar-refractivity contribution in [1.82, 2.24) is 4.90 Å². The van der Waals surface area contributed by atoms with Gasteiger partial charge in [0.2, 0.25) is 5.91 Å². The first-order valence-electron chi connectivity index (χ1n) is 6.85. The molecule has 0 saturated heterocycles. The highest BCUT2D eigenvalue weighted by Crippen LogP contribution is 2.14. The highest BCUT2D eigenvalue weighted by molar-refractivity contribution is 7.80. The van der Waals surface area contributed by atoms with E-state index in [1.165, 1.54) is 0 Å².